The number of nitrogens with one attached hydrogen (secondary N) is 1. The van der Waals surface area contributed by atoms with Crippen molar-refractivity contribution >= 4 is 17.4 Å². The van der Waals surface area contributed by atoms with Gasteiger partial charge in [-0.2, -0.15) is 0 Å². The van der Waals surface area contributed by atoms with Crippen molar-refractivity contribution in [2.45, 2.75) is 12.8 Å². The Morgan fingerprint density at radius 1 is 0.810 bits per heavy atom. The first kappa shape index (κ1) is 14.8. The summed E-state index contributed by atoms with van der Waals surface area (Å²) < 4.78 is 25.4. The van der Waals surface area contributed by atoms with Gasteiger partial charge >= 0.3 is 0 Å². The first-order chi connectivity index (χ1) is 10.0. The van der Waals surface area contributed by atoms with Crippen molar-refractivity contribution in [2.24, 2.45) is 0 Å². The second-order valence-electron chi connectivity index (χ2n) is 4.49. The number of carbonyl (C=O) groups is 2. The van der Waals surface area contributed by atoms with Gasteiger partial charge in [0.25, 0.3) is 0 Å². The Balaban J connectivity index is 1.84. The van der Waals surface area contributed by atoms with E-state index in [1.807, 2.05) is 0 Å². The number of Topliss-reactive ketones (excluding diaryl/α,β-unsaturated/α-hetero) is 1. The maximum absolute atomic E-state index is 12.7. The Morgan fingerprint density at radius 2 is 1.33 bits per heavy atom. The van der Waals surface area contributed by atoms with E-state index in [1.54, 1.807) is 0 Å². The van der Waals surface area contributed by atoms with Gasteiger partial charge in [0.15, 0.2) is 5.78 Å². The van der Waals surface area contributed by atoms with Gasteiger partial charge in [0.2, 0.25) is 5.91 Å². The number of hydrogen-bond acceptors (Lipinski definition) is 2. The highest BCUT2D eigenvalue weighted by molar-refractivity contribution is 5.99. The Kier molecular flexibility index (Phi) is 4.77. The molecule has 0 aromatic heterocycles. The minimum Gasteiger partial charge on any atom is -0.326 e. The largest absolute Gasteiger partial charge is 0.326 e. The van der Waals surface area contributed by atoms with E-state index in [0.29, 0.717) is 11.3 Å². The molecular formula is C16H13F2NO2. The SMILES string of the molecule is O=C(CCC(=O)c1ccc(F)cc1)Nc1ccc(F)cc1. The van der Waals surface area contributed by atoms with Crippen molar-refractivity contribution in [3.8, 4) is 0 Å². The predicted molar refractivity (Wildman–Crippen MR) is 75.0 cm³/mol. The molecule has 2 rings (SSSR count). The summed E-state index contributed by atoms with van der Waals surface area (Å²) in [5.74, 6) is -1.37. The molecular weight excluding hydrogens is 276 g/mol. The fraction of sp³-hybridized carbons (Fsp3) is 0.125. The smallest absolute Gasteiger partial charge is 0.224 e. The lowest BCUT2D eigenvalue weighted by Gasteiger charge is -2.05. The molecule has 0 unspecified atom stereocenters. The summed E-state index contributed by atoms with van der Waals surface area (Å²) in [5, 5.41) is 2.57. The second kappa shape index (κ2) is 6.74. The Morgan fingerprint density at radius 3 is 1.90 bits per heavy atom. The standard InChI is InChI=1S/C16H13F2NO2/c17-12-3-1-11(2-4-12)15(20)9-10-16(21)19-14-7-5-13(18)6-8-14/h1-8H,9-10H2,(H,19,21). The molecule has 3 nitrogen and oxygen atoms in total. The molecule has 0 fully saturated rings. The van der Waals surface area contributed by atoms with Crippen LogP contribution in [-0.4, -0.2) is 11.7 Å². The molecule has 5 heteroatoms. The van der Waals surface area contributed by atoms with Crippen LogP contribution in [0.4, 0.5) is 14.5 Å². The van der Waals surface area contributed by atoms with Crippen LogP contribution < -0.4 is 5.32 Å². The molecule has 1 amide bonds. The number of anilines is 1. The third kappa shape index (κ3) is 4.49. The summed E-state index contributed by atoms with van der Waals surface area (Å²) in [6, 6.07) is 10.5. The van der Waals surface area contributed by atoms with E-state index in [9.17, 15) is 18.4 Å². The molecule has 21 heavy (non-hydrogen) atoms. The third-order valence-corrected chi connectivity index (χ3v) is 2.87. The third-order valence-electron chi connectivity index (χ3n) is 2.87. The van der Waals surface area contributed by atoms with E-state index in [2.05, 4.69) is 5.32 Å². The lowest BCUT2D eigenvalue weighted by molar-refractivity contribution is -0.116. The zero-order valence-electron chi connectivity index (χ0n) is 11.1. The van der Waals surface area contributed by atoms with Crippen molar-refractivity contribution < 1.29 is 18.4 Å². The van der Waals surface area contributed by atoms with Crippen LogP contribution in [0.1, 0.15) is 23.2 Å². The Bertz CT molecular complexity index is 636. The van der Waals surface area contributed by atoms with Crippen LogP contribution in [0, 0.1) is 11.6 Å². The van der Waals surface area contributed by atoms with Crippen molar-refractivity contribution in [2.75, 3.05) is 5.32 Å². The maximum Gasteiger partial charge on any atom is 0.224 e. The van der Waals surface area contributed by atoms with Crippen molar-refractivity contribution in [1.82, 2.24) is 0 Å². The highest BCUT2D eigenvalue weighted by Gasteiger charge is 2.09. The minimum atomic E-state index is -0.416. The monoisotopic (exact) mass is 289 g/mol. The van der Waals surface area contributed by atoms with Gasteiger partial charge in [0, 0.05) is 24.1 Å². The molecule has 0 heterocycles. The van der Waals surface area contributed by atoms with Gasteiger partial charge in [0.05, 0.1) is 0 Å². The van der Waals surface area contributed by atoms with Crippen LogP contribution in [0.25, 0.3) is 0 Å². The van der Waals surface area contributed by atoms with E-state index >= 15 is 0 Å². The van der Waals surface area contributed by atoms with Gasteiger partial charge in [-0.1, -0.05) is 0 Å². The molecule has 0 saturated carbocycles. The van der Waals surface area contributed by atoms with Crippen LogP contribution in [0.2, 0.25) is 0 Å². The highest BCUT2D eigenvalue weighted by Crippen LogP contribution is 2.11. The molecule has 1 N–H and O–H groups in total. The summed E-state index contributed by atoms with van der Waals surface area (Å²) >= 11 is 0. The quantitative estimate of drug-likeness (QED) is 0.855. The lowest BCUT2D eigenvalue weighted by Crippen LogP contribution is -2.13. The van der Waals surface area contributed by atoms with Gasteiger partial charge in [-0.05, 0) is 48.5 Å². The Hall–Kier alpha value is -2.56. The minimum absolute atomic E-state index is 0.00753. The fourth-order valence-corrected chi connectivity index (χ4v) is 1.76. The van der Waals surface area contributed by atoms with Gasteiger partial charge < -0.3 is 5.32 Å². The molecule has 0 atom stereocenters. The number of rotatable bonds is 5. The van der Waals surface area contributed by atoms with E-state index in [4.69, 9.17) is 0 Å². The van der Waals surface area contributed by atoms with E-state index in [-0.39, 0.29) is 30.3 Å². The molecule has 0 saturated heterocycles. The zero-order chi connectivity index (χ0) is 15.2. The molecule has 2 aromatic rings. The van der Waals surface area contributed by atoms with Gasteiger partial charge in [-0.15, -0.1) is 0 Å². The number of ketones is 1. The first-order valence-corrected chi connectivity index (χ1v) is 6.39. The molecule has 0 aliphatic rings. The summed E-state index contributed by atoms with van der Waals surface area (Å²) in [6.45, 7) is 0. The van der Waals surface area contributed by atoms with Crippen molar-refractivity contribution in [3.05, 3.63) is 65.7 Å². The average Bonchev–Trinajstić information content (AvgIpc) is 2.48. The molecule has 0 aliphatic heterocycles. The number of benzene rings is 2. The summed E-state index contributed by atoms with van der Waals surface area (Å²) in [5.41, 5.74) is 0.835. The summed E-state index contributed by atoms with van der Waals surface area (Å²) in [6.07, 6.45) is 0.0340. The van der Waals surface area contributed by atoms with Gasteiger partial charge in [-0.25, -0.2) is 8.78 Å². The lowest BCUT2D eigenvalue weighted by atomic mass is 10.1. The molecule has 2 aromatic carbocycles. The fourth-order valence-electron chi connectivity index (χ4n) is 1.76. The molecule has 0 bridgehead atoms. The van der Waals surface area contributed by atoms with Crippen LogP contribution in [0.3, 0.4) is 0 Å². The Labute approximate surface area is 120 Å². The first-order valence-electron chi connectivity index (χ1n) is 6.39. The molecule has 0 aliphatic carbocycles. The highest BCUT2D eigenvalue weighted by atomic mass is 19.1. The van der Waals surface area contributed by atoms with Crippen LogP contribution in [0.15, 0.2) is 48.5 Å². The predicted octanol–water partition coefficient (Wildman–Crippen LogP) is 3.57. The van der Waals surface area contributed by atoms with Gasteiger partial charge in [-0.3, -0.25) is 9.59 Å². The molecule has 0 spiro atoms. The van der Waals surface area contributed by atoms with Crippen molar-refractivity contribution in [3.63, 3.8) is 0 Å². The summed E-state index contributed by atoms with van der Waals surface area (Å²) in [7, 11) is 0. The number of amides is 1. The average molecular weight is 289 g/mol. The number of hydrogen-bond donors (Lipinski definition) is 1. The number of carbonyl (C=O) groups excluding carboxylic acids is 2. The second-order valence-corrected chi connectivity index (χ2v) is 4.49. The van der Waals surface area contributed by atoms with E-state index in [1.165, 1.54) is 48.5 Å². The molecule has 108 valence electrons. The van der Waals surface area contributed by atoms with E-state index < -0.39 is 5.82 Å². The number of halogens is 2. The van der Waals surface area contributed by atoms with Crippen molar-refractivity contribution in [1.29, 1.82) is 0 Å². The van der Waals surface area contributed by atoms with Gasteiger partial charge in [0.1, 0.15) is 11.6 Å². The zero-order valence-corrected chi connectivity index (χ0v) is 11.1. The van der Waals surface area contributed by atoms with Crippen LogP contribution in [0.5, 0.6) is 0 Å². The maximum atomic E-state index is 12.7. The topological polar surface area (TPSA) is 46.2 Å². The van der Waals surface area contributed by atoms with E-state index in [0.717, 1.165) is 0 Å². The van der Waals surface area contributed by atoms with Crippen LogP contribution >= 0.6 is 0 Å². The molecule has 0 radical (unpaired) electrons. The van der Waals surface area contributed by atoms with Crippen LogP contribution in [-0.2, 0) is 4.79 Å². The normalized spacial score (nSPS) is 10.2. The summed E-state index contributed by atoms with van der Waals surface area (Å²) in [4.78, 5) is 23.5.